The predicted octanol–water partition coefficient (Wildman–Crippen LogP) is 2.17. The Morgan fingerprint density at radius 2 is 2.14 bits per heavy atom. The number of carbonyl (C=O) groups excluding carboxylic acids is 1. The fourth-order valence-electron chi connectivity index (χ4n) is 1.48. The molecule has 0 spiro atoms. The first-order valence-electron chi connectivity index (χ1n) is 5.72. The molecule has 0 N–H and O–H groups in total. The molecular formula is C11H11BrN2O7. The first-order chi connectivity index (χ1) is 9.86. The first kappa shape index (κ1) is 16.8. The highest BCUT2D eigenvalue weighted by atomic mass is 79.9. The van der Waals surface area contributed by atoms with Gasteiger partial charge in [-0.3, -0.25) is 25.0 Å². The number of ether oxygens (including phenoxy) is 1. The van der Waals surface area contributed by atoms with Gasteiger partial charge in [-0.15, -0.1) is 0 Å². The molecule has 2 atom stereocenters. The molecule has 1 rings (SSSR count). The van der Waals surface area contributed by atoms with Crippen molar-refractivity contribution in [3.05, 3.63) is 50.1 Å². The van der Waals surface area contributed by atoms with Crippen molar-refractivity contribution < 1.29 is 23.8 Å². The van der Waals surface area contributed by atoms with Gasteiger partial charge in [-0.25, -0.2) is 0 Å². The Hall–Kier alpha value is -2.23. The maximum atomic E-state index is 11.8. The number of rotatable bonds is 7. The summed E-state index contributed by atoms with van der Waals surface area (Å²) in [6.45, 7) is 1.62. The van der Waals surface area contributed by atoms with Crippen molar-refractivity contribution in [1.82, 2.24) is 0 Å². The van der Waals surface area contributed by atoms with Gasteiger partial charge >= 0.3 is 5.97 Å². The molecule has 9 nitrogen and oxygen atoms in total. The summed E-state index contributed by atoms with van der Waals surface area (Å²) in [7, 11) is 0. The summed E-state index contributed by atoms with van der Waals surface area (Å²) in [5.74, 6) is -2.04. The zero-order chi connectivity index (χ0) is 16.0. The molecule has 0 fully saturated rings. The first-order valence-corrected chi connectivity index (χ1v) is 6.64. The molecule has 0 aliphatic rings. The molecule has 1 aromatic heterocycles. The van der Waals surface area contributed by atoms with Crippen LogP contribution in [-0.2, 0) is 9.53 Å². The van der Waals surface area contributed by atoms with E-state index in [9.17, 15) is 25.0 Å². The number of alkyl halides is 1. The van der Waals surface area contributed by atoms with Crippen LogP contribution in [0.15, 0.2) is 22.7 Å². The maximum absolute atomic E-state index is 11.8. The SMILES string of the molecule is CCOC(=O)C(c1ccc(C=C[N+](=O)[O-])o1)C(Br)[N+](=O)[O-]. The Bertz CT molecular complexity index is 569. The number of hydrogen-bond donors (Lipinski definition) is 0. The Kier molecular flexibility index (Phi) is 6.03. The molecule has 0 aliphatic heterocycles. The predicted molar refractivity (Wildman–Crippen MR) is 73.8 cm³/mol. The monoisotopic (exact) mass is 362 g/mol. The Morgan fingerprint density at radius 3 is 2.67 bits per heavy atom. The molecule has 114 valence electrons. The third-order valence-electron chi connectivity index (χ3n) is 2.33. The Balaban J connectivity index is 3.06. The third kappa shape index (κ3) is 4.67. The highest BCUT2D eigenvalue weighted by Crippen LogP contribution is 2.29. The number of halogens is 1. The lowest BCUT2D eigenvalue weighted by atomic mass is 10.1. The summed E-state index contributed by atoms with van der Waals surface area (Å²) in [4.78, 5) is 30.1. The van der Waals surface area contributed by atoms with Gasteiger partial charge in [0.05, 0.1) is 17.6 Å². The van der Waals surface area contributed by atoms with Crippen LogP contribution in [0, 0.1) is 20.2 Å². The molecule has 1 aromatic rings. The van der Waals surface area contributed by atoms with Gasteiger partial charge in [0.2, 0.25) is 6.20 Å². The second-order valence-electron chi connectivity index (χ2n) is 3.73. The zero-order valence-electron chi connectivity index (χ0n) is 10.8. The van der Waals surface area contributed by atoms with Crippen LogP contribution < -0.4 is 0 Å². The van der Waals surface area contributed by atoms with Gasteiger partial charge in [0.1, 0.15) is 11.5 Å². The summed E-state index contributed by atoms with van der Waals surface area (Å²) in [6.07, 6.45) is 1.72. The van der Waals surface area contributed by atoms with Crippen LogP contribution in [0.25, 0.3) is 6.08 Å². The van der Waals surface area contributed by atoms with Crippen molar-refractivity contribution in [3.8, 4) is 0 Å². The average molecular weight is 363 g/mol. The van der Waals surface area contributed by atoms with Crippen LogP contribution in [0.1, 0.15) is 24.4 Å². The van der Waals surface area contributed by atoms with Gasteiger partial charge in [0, 0.05) is 4.92 Å². The highest BCUT2D eigenvalue weighted by Gasteiger charge is 2.40. The number of nitrogens with zero attached hydrogens (tertiary/aromatic N) is 2. The van der Waals surface area contributed by atoms with E-state index in [0.717, 1.165) is 6.08 Å². The topological polar surface area (TPSA) is 126 Å². The minimum Gasteiger partial charge on any atom is -0.465 e. The van der Waals surface area contributed by atoms with Crippen LogP contribution in [0.4, 0.5) is 0 Å². The van der Waals surface area contributed by atoms with Crippen LogP contribution in [0.3, 0.4) is 0 Å². The molecule has 0 saturated heterocycles. The van der Waals surface area contributed by atoms with Gasteiger partial charge < -0.3 is 9.15 Å². The Morgan fingerprint density at radius 1 is 1.48 bits per heavy atom. The molecule has 1 heterocycles. The lowest BCUT2D eigenvalue weighted by Gasteiger charge is -2.13. The minimum atomic E-state index is -1.44. The minimum absolute atomic E-state index is 0.0185. The largest absolute Gasteiger partial charge is 0.465 e. The van der Waals surface area contributed by atoms with Gasteiger partial charge in [-0.1, -0.05) is 0 Å². The van der Waals surface area contributed by atoms with Crippen LogP contribution in [0.2, 0.25) is 0 Å². The fourth-order valence-corrected chi connectivity index (χ4v) is 1.95. The molecule has 0 aromatic carbocycles. The van der Waals surface area contributed by atoms with Crippen LogP contribution in [0.5, 0.6) is 0 Å². The second-order valence-corrected chi connectivity index (χ2v) is 4.67. The van der Waals surface area contributed by atoms with E-state index in [1.54, 1.807) is 6.92 Å². The molecular weight excluding hydrogens is 352 g/mol. The maximum Gasteiger partial charge on any atom is 0.324 e. The van der Waals surface area contributed by atoms with Gasteiger partial charge in [0.25, 0.3) is 4.95 Å². The van der Waals surface area contributed by atoms with Crippen molar-refractivity contribution in [3.63, 3.8) is 0 Å². The molecule has 0 amide bonds. The normalized spacial score (nSPS) is 13.8. The van der Waals surface area contributed by atoms with E-state index in [0.29, 0.717) is 6.20 Å². The van der Waals surface area contributed by atoms with Crippen molar-refractivity contribution in [2.45, 2.75) is 17.8 Å². The van der Waals surface area contributed by atoms with E-state index in [2.05, 4.69) is 15.9 Å². The van der Waals surface area contributed by atoms with Crippen molar-refractivity contribution in [2.75, 3.05) is 6.61 Å². The van der Waals surface area contributed by atoms with Crippen LogP contribution >= 0.6 is 15.9 Å². The molecule has 2 unspecified atom stereocenters. The second kappa shape index (κ2) is 7.53. The van der Waals surface area contributed by atoms with Gasteiger partial charge in [0.15, 0.2) is 5.92 Å². The van der Waals surface area contributed by atoms with E-state index >= 15 is 0 Å². The lowest BCUT2D eigenvalue weighted by Crippen LogP contribution is -2.29. The van der Waals surface area contributed by atoms with E-state index < -0.39 is 26.7 Å². The Labute approximate surface area is 127 Å². The van der Waals surface area contributed by atoms with E-state index in [1.807, 2.05) is 0 Å². The summed E-state index contributed by atoms with van der Waals surface area (Å²) < 4.78 is 9.99. The summed E-state index contributed by atoms with van der Waals surface area (Å²) >= 11 is 2.80. The number of esters is 1. The third-order valence-corrected chi connectivity index (χ3v) is 3.19. The van der Waals surface area contributed by atoms with E-state index in [4.69, 9.17) is 9.15 Å². The quantitative estimate of drug-likeness (QED) is 0.239. The fraction of sp³-hybridized carbons (Fsp3) is 0.364. The van der Waals surface area contributed by atoms with Gasteiger partial charge in [-0.2, -0.15) is 0 Å². The number of nitro groups is 2. The molecule has 0 bridgehead atoms. The summed E-state index contributed by atoms with van der Waals surface area (Å²) in [5.41, 5.74) is 0. The summed E-state index contributed by atoms with van der Waals surface area (Å²) in [6, 6.07) is 2.69. The van der Waals surface area contributed by atoms with Crippen molar-refractivity contribution in [2.24, 2.45) is 0 Å². The number of hydrogen-bond acceptors (Lipinski definition) is 7. The smallest absolute Gasteiger partial charge is 0.324 e. The van der Waals surface area contributed by atoms with E-state index in [-0.39, 0.29) is 18.1 Å². The number of furan rings is 1. The van der Waals surface area contributed by atoms with E-state index in [1.165, 1.54) is 12.1 Å². The molecule has 10 heteroatoms. The van der Waals surface area contributed by atoms with Gasteiger partial charge in [-0.05, 0) is 35.0 Å². The standard InChI is InChI=1S/C11H11BrN2O7/c1-2-20-11(15)9(10(12)14(18)19)8-4-3-7(21-8)5-6-13(16)17/h3-6,9-10H,2H2,1H3. The average Bonchev–Trinajstić information content (AvgIpc) is 2.85. The summed E-state index contributed by atoms with van der Waals surface area (Å²) in [5, 5.41) is 21.1. The lowest BCUT2D eigenvalue weighted by molar-refractivity contribution is -0.495. The van der Waals surface area contributed by atoms with Crippen molar-refractivity contribution >= 4 is 28.0 Å². The molecule has 0 aliphatic carbocycles. The zero-order valence-corrected chi connectivity index (χ0v) is 12.4. The van der Waals surface area contributed by atoms with Crippen LogP contribution in [-0.4, -0.2) is 27.4 Å². The molecule has 21 heavy (non-hydrogen) atoms. The molecule has 0 saturated carbocycles. The highest BCUT2D eigenvalue weighted by molar-refractivity contribution is 9.09. The molecule has 0 radical (unpaired) electrons. The van der Waals surface area contributed by atoms with Crippen molar-refractivity contribution in [1.29, 1.82) is 0 Å². The number of carbonyl (C=O) groups is 1.